The quantitative estimate of drug-likeness (QED) is 0.129. The van der Waals surface area contributed by atoms with E-state index in [1.165, 1.54) is 0 Å². The van der Waals surface area contributed by atoms with E-state index in [4.69, 9.17) is 23.2 Å². The van der Waals surface area contributed by atoms with Crippen LogP contribution < -0.4 is 13.7 Å². The summed E-state index contributed by atoms with van der Waals surface area (Å²) in [6.07, 6.45) is 10.6. The number of hydrogen-bond donors (Lipinski definition) is 3. The summed E-state index contributed by atoms with van der Waals surface area (Å²) < 4.78 is 5.50. The van der Waals surface area contributed by atoms with E-state index in [0.29, 0.717) is 10.0 Å². The van der Waals surface area contributed by atoms with Crippen molar-refractivity contribution in [2.75, 3.05) is 0 Å². The van der Waals surface area contributed by atoms with Gasteiger partial charge in [0.15, 0.2) is 35.8 Å². The van der Waals surface area contributed by atoms with Gasteiger partial charge in [-0.3, -0.25) is 0 Å². The maximum atomic E-state index is 9.29. The van der Waals surface area contributed by atoms with Crippen molar-refractivity contribution in [3.8, 4) is 34.3 Å². The molecule has 3 heterocycles. The second-order valence-corrected chi connectivity index (χ2v) is 9.57. The van der Waals surface area contributed by atoms with Gasteiger partial charge in [0.25, 0.3) is 0 Å². The van der Waals surface area contributed by atoms with Crippen LogP contribution in [0.3, 0.4) is 0 Å². The summed E-state index contributed by atoms with van der Waals surface area (Å²) in [5.74, 6) is 0.737. The van der Waals surface area contributed by atoms with Crippen LogP contribution in [0.25, 0.3) is 17.1 Å². The van der Waals surface area contributed by atoms with Crippen LogP contribution in [0.1, 0.15) is 22.3 Å². The van der Waals surface area contributed by atoms with Crippen LogP contribution in [0.2, 0.25) is 10.0 Å². The van der Waals surface area contributed by atoms with Gasteiger partial charge in [0.2, 0.25) is 35.7 Å². The van der Waals surface area contributed by atoms with Gasteiger partial charge >= 0.3 is 0 Å². The third-order valence-electron chi connectivity index (χ3n) is 5.64. The van der Waals surface area contributed by atoms with Gasteiger partial charge in [-0.2, -0.15) is 13.7 Å². The monoisotopic (exact) mass is 677 g/mol. The topological polar surface area (TPSA) is 72.3 Å². The van der Waals surface area contributed by atoms with Gasteiger partial charge in [0.05, 0.1) is 0 Å². The van der Waals surface area contributed by atoms with Crippen molar-refractivity contribution in [3.63, 3.8) is 0 Å². The van der Waals surface area contributed by atoms with Crippen LogP contribution in [-0.2, 0) is 0 Å². The van der Waals surface area contributed by atoms with E-state index in [2.05, 4.69) is 0 Å². The molecule has 0 saturated carbocycles. The lowest BCUT2D eigenvalue weighted by atomic mass is 10.3. The molecule has 6 nitrogen and oxygen atoms in total. The molecule has 0 fully saturated rings. The number of aromatic nitrogens is 3. The fourth-order valence-electron chi connectivity index (χ4n) is 3.72. The maximum Gasteiger partial charge on any atom is 0.216 e. The molecule has 47 heavy (non-hydrogen) atoms. The summed E-state index contributed by atoms with van der Waals surface area (Å²) in [7, 11) is 0. The number of hydrogen-bond acceptors (Lipinski definition) is 3. The van der Waals surface area contributed by atoms with E-state index < -0.39 is 0 Å². The highest BCUT2D eigenvalue weighted by atomic mass is 35.5. The third-order valence-corrected chi connectivity index (χ3v) is 6.13. The second-order valence-electron chi connectivity index (χ2n) is 8.70. The summed E-state index contributed by atoms with van der Waals surface area (Å²) in [5.41, 5.74) is 2.93. The Kier molecular flexibility index (Phi) is 23.2. The SMILES string of the molecule is C.C.C.Oc1ccc[n+](-c2ccc(Cl)cc2)c1.Oc1ccc[n+](-c2cccc(Cl)c2)c1.Oc1ccc[n+](-c2ccccc2)c1.[CH3-].[CH3-].[CH3-]. The van der Waals surface area contributed by atoms with Crippen LogP contribution in [-0.4, -0.2) is 15.3 Å². The van der Waals surface area contributed by atoms with Crippen molar-refractivity contribution in [3.05, 3.63) is 185 Å². The first-order valence-corrected chi connectivity index (χ1v) is 13.3. The van der Waals surface area contributed by atoms with E-state index in [9.17, 15) is 15.3 Å². The summed E-state index contributed by atoms with van der Waals surface area (Å²) in [5, 5.41) is 29.2. The fraction of sp³-hybridized carbons (Fsp3) is 0.0769. The van der Waals surface area contributed by atoms with Crippen molar-refractivity contribution in [2.45, 2.75) is 22.3 Å². The zero-order valence-electron chi connectivity index (χ0n) is 24.9. The molecule has 0 aliphatic rings. The Morgan fingerprint density at radius 3 is 1.17 bits per heavy atom. The Balaban J connectivity index is -0.000000581. The predicted octanol–water partition coefficient (Wildman–Crippen LogP) is 9.57. The molecular weight excluding hydrogens is 629 g/mol. The highest BCUT2D eigenvalue weighted by Crippen LogP contribution is 2.12. The summed E-state index contributed by atoms with van der Waals surface area (Å²) in [6.45, 7) is 0. The lowest BCUT2D eigenvalue weighted by Gasteiger charge is -1.96. The Bertz CT molecular complexity index is 1660. The molecule has 3 N–H and O–H groups in total. The molecule has 0 bridgehead atoms. The summed E-state index contributed by atoms with van der Waals surface area (Å²) >= 11 is 11.6. The molecule has 3 aromatic heterocycles. The molecule has 0 unspecified atom stereocenters. The van der Waals surface area contributed by atoms with Crippen molar-refractivity contribution in [2.24, 2.45) is 0 Å². The molecule has 0 aliphatic carbocycles. The van der Waals surface area contributed by atoms with E-state index >= 15 is 0 Å². The maximum absolute atomic E-state index is 9.29. The molecule has 0 atom stereocenters. The highest BCUT2D eigenvalue weighted by molar-refractivity contribution is 6.30. The number of halogens is 2. The minimum atomic E-state index is 0. The lowest BCUT2D eigenvalue weighted by Crippen LogP contribution is -2.28. The number of para-hydroxylation sites is 1. The first kappa shape index (κ1) is 46.5. The lowest BCUT2D eigenvalue weighted by molar-refractivity contribution is -0.596. The van der Waals surface area contributed by atoms with Crippen molar-refractivity contribution >= 4 is 23.2 Å². The van der Waals surface area contributed by atoms with Gasteiger partial charge in [-0.1, -0.05) is 69.7 Å². The normalized spacial score (nSPS) is 8.72. The van der Waals surface area contributed by atoms with Crippen LogP contribution in [0.4, 0.5) is 0 Å². The molecule has 6 aromatic rings. The van der Waals surface area contributed by atoms with Crippen molar-refractivity contribution < 1.29 is 29.0 Å². The molecule has 0 spiro atoms. The number of nitrogens with zero attached hydrogens (tertiary/aromatic N) is 3. The number of rotatable bonds is 3. The Hall–Kier alpha value is -4.91. The van der Waals surface area contributed by atoms with Crippen LogP contribution >= 0.6 is 23.2 Å². The van der Waals surface area contributed by atoms with Crippen molar-refractivity contribution in [1.82, 2.24) is 0 Å². The molecule has 0 radical (unpaired) electrons. The number of aromatic hydroxyl groups is 3. The Labute approximate surface area is 292 Å². The van der Waals surface area contributed by atoms with E-state index in [-0.39, 0.29) is 61.8 Å². The fourth-order valence-corrected chi connectivity index (χ4v) is 4.03. The van der Waals surface area contributed by atoms with E-state index in [1.807, 2.05) is 113 Å². The van der Waals surface area contributed by atoms with Gasteiger partial charge < -0.3 is 37.6 Å². The average Bonchev–Trinajstić information content (AvgIpc) is 2.99. The predicted molar refractivity (Wildman–Crippen MR) is 198 cm³/mol. The largest absolute Gasteiger partial charge is 0.503 e. The molecule has 0 saturated heterocycles. The van der Waals surface area contributed by atoms with E-state index in [0.717, 1.165) is 17.1 Å². The van der Waals surface area contributed by atoms with Gasteiger partial charge in [-0.25, -0.2) is 0 Å². The molecule has 252 valence electrons. The zero-order valence-corrected chi connectivity index (χ0v) is 26.4. The van der Waals surface area contributed by atoms with Gasteiger partial charge in [-0.05, 0) is 36.4 Å². The molecule has 0 aliphatic heterocycles. The van der Waals surface area contributed by atoms with Crippen LogP contribution in [0, 0.1) is 22.3 Å². The van der Waals surface area contributed by atoms with Gasteiger partial charge in [0, 0.05) is 64.6 Å². The smallest absolute Gasteiger partial charge is 0.216 e. The average molecular weight is 679 g/mol. The minimum Gasteiger partial charge on any atom is -0.503 e. The van der Waals surface area contributed by atoms with Crippen LogP contribution in [0.5, 0.6) is 17.2 Å². The second kappa shape index (κ2) is 23.4. The molecule has 8 heteroatoms. The first-order valence-electron chi connectivity index (χ1n) is 12.6. The Morgan fingerprint density at radius 2 is 0.766 bits per heavy atom. The summed E-state index contributed by atoms with van der Waals surface area (Å²) in [6, 6.07) is 35.0. The number of pyridine rings is 3. The van der Waals surface area contributed by atoms with Gasteiger partial charge in [-0.15, -0.1) is 0 Å². The van der Waals surface area contributed by atoms with Crippen molar-refractivity contribution in [1.29, 1.82) is 0 Å². The third kappa shape index (κ3) is 14.8. The Morgan fingerprint density at radius 1 is 0.383 bits per heavy atom. The number of benzene rings is 3. The highest BCUT2D eigenvalue weighted by Gasteiger charge is 2.07. The van der Waals surface area contributed by atoms with E-state index in [1.54, 1.807) is 53.5 Å². The summed E-state index contributed by atoms with van der Waals surface area (Å²) in [4.78, 5) is 0. The first-order chi connectivity index (χ1) is 19.9. The van der Waals surface area contributed by atoms with Gasteiger partial charge in [0.1, 0.15) is 0 Å². The molecule has 6 rings (SSSR count). The molecule has 0 amide bonds. The molecular formula is C39H49Cl2N3O3. The molecule has 3 aromatic carbocycles. The zero-order chi connectivity index (χ0) is 29.0. The van der Waals surface area contributed by atoms with Crippen LogP contribution in [0.15, 0.2) is 152 Å². The standard InChI is InChI=1S/2C11H8ClNO.C11H9NO.3CH4.3CH3/c12-9-3-1-4-10(7-9)13-6-2-5-11(14)8-13;12-9-3-5-10(6-4-9)13-7-1-2-11(14)8-13;13-11-7-4-8-12(9-11)10-5-2-1-3-6-10;;;;;;/h2*1-8H;1-9H;3*1H4;3*1H3/q;;;;;;3*-1/p+3. The minimum absolute atomic E-state index is 0.